The maximum atomic E-state index is 12.2. The molecule has 0 aliphatic heterocycles. The molecule has 0 spiro atoms. The first-order chi connectivity index (χ1) is 8.57. The molecule has 2 atom stereocenters. The highest BCUT2D eigenvalue weighted by Crippen LogP contribution is 2.35. The Hall–Kier alpha value is -1.05. The highest BCUT2D eigenvalue weighted by atomic mass is 35.5. The molecule has 0 heterocycles. The predicted octanol–water partition coefficient (Wildman–Crippen LogP) is 4.36. The van der Waals surface area contributed by atoms with Gasteiger partial charge in [-0.15, -0.1) is 23.2 Å². The number of hydrogen-bond donors (Lipinski definition) is 0. The summed E-state index contributed by atoms with van der Waals surface area (Å²) in [4.78, 5) is 11.6. The molecule has 1 aliphatic carbocycles. The number of halogens is 2. The van der Waals surface area contributed by atoms with Crippen molar-refractivity contribution in [3.05, 3.63) is 59.7 Å². The van der Waals surface area contributed by atoms with Crippen molar-refractivity contribution >= 4 is 29.0 Å². The number of ketones is 1. The minimum absolute atomic E-state index is 0.0210. The summed E-state index contributed by atoms with van der Waals surface area (Å²) < 4.78 is 0. The molecule has 0 aromatic heterocycles. The molecule has 0 saturated carbocycles. The van der Waals surface area contributed by atoms with E-state index in [0.717, 1.165) is 6.42 Å². The van der Waals surface area contributed by atoms with Gasteiger partial charge in [-0.1, -0.05) is 55.5 Å². The number of hydrogen-bond acceptors (Lipinski definition) is 1. The third-order valence-electron chi connectivity index (χ3n) is 3.16. The second-order valence-electron chi connectivity index (χ2n) is 4.33. The van der Waals surface area contributed by atoms with E-state index in [1.165, 1.54) is 0 Å². The van der Waals surface area contributed by atoms with Crippen LogP contribution in [-0.2, 0) is 0 Å². The van der Waals surface area contributed by atoms with Gasteiger partial charge in [0.15, 0.2) is 5.78 Å². The summed E-state index contributed by atoms with van der Waals surface area (Å²) in [5.74, 6) is -0.0210. The number of rotatable bonds is 3. The molecule has 0 bridgehead atoms. The van der Waals surface area contributed by atoms with Crippen molar-refractivity contribution in [1.82, 2.24) is 0 Å². The van der Waals surface area contributed by atoms with Crippen LogP contribution < -0.4 is 0 Å². The van der Waals surface area contributed by atoms with Gasteiger partial charge in [-0.2, -0.15) is 0 Å². The fourth-order valence-electron chi connectivity index (χ4n) is 1.89. The van der Waals surface area contributed by atoms with Gasteiger partial charge in [-0.3, -0.25) is 4.79 Å². The predicted molar refractivity (Wildman–Crippen MR) is 76.5 cm³/mol. The van der Waals surface area contributed by atoms with Crippen LogP contribution in [0.25, 0.3) is 0 Å². The van der Waals surface area contributed by atoms with Crippen molar-refractivity contribution in [3.63, 3.8) is 0 Å². The second-order valence-corrected chi connectivity index (χ2v) is 5.51. The van der Waals surface area contributed by atoms with Crippen LogP contribution in [0.1, 0.15) is 23.7 Å². The van der Waals surface area contributed by atoms with E-state index < -0.39 is 4.87 Å². The Bertz CT molecular complexity index is 504. The van der Waals surface area contributed by atoms with Gasteiger partial charge >= 0.3 is 0 Å². The van der Waals surface area contributed by atoms with Crippen LogP contribution in [0.3, 0.4) is 0 Å². The zero-order valence-corrected chi connectivity index (χ0v) is 11.6. The molecule has 94 valence electrons. The first kappa shape index (κ1) is 13.4. The Morgan fingerprint density at radius 3 is 2.56 bits per heavy atom. The number of carbonyl (C=O) groups excluding carboxylic acids is 1. The molecule has 1 aromatic rings. The number of Topliss-reactive ketones (excluding diaryl/α,β-unsaturated/α-hetero) is 1. The van der Waals surface area contributed by atoms with E-state index in [-0.39, 0.29) is 11.2 Å². The minimum atomic E-state index is -0.581. The molecule has 2 unspecified atom stereocenters. The van der Waals surface area contributed by atoms with Crippen LogP contribution in [-0.4, -0.2) is 16.0 Å². The fraction of sp³-hybridized carbons (Fsp3) is 0.267. The lowest BCUT2D eigenvalue weighted by Gasteiger charge is -2.28. The highest BCUT2D eigenvalue weighted by Gasteiger charge is 2.33. The molecule has 0 radical (unpaired) electrons. The van der Waals surface area contributed by atoms with Gasteiger partial charge in [0.1, 0.15) is 0 Å². The third-order valence-corrected chi connectivity index (χ3v) is 4.42. The van der Waals surface area contributed by atoms with Crippen LogP contribution in [0.5, 0.6) is 0 Å². The van der Waals surface area contributed by atoms with Crippen LogP contribution in [0, 0.1) is 0 Å². The summed E-state index contributed by atoms with van der Waals surface area (Å²) in [6, 6.07) is 9.16. The van der Waals surface area contributed by atoms with Crippen molar-refractivity contribution in [2.45, 2.75) is 23.6 Å². The fourth-order valence-corrected chi connectivity index (χ4v) is 2.38. The molecule has 1 aliphatic rings. The largest absolute Gasteiger partial charge is 0.289 e. The van der Waals surface area contributed by atoms with Gasteiger partial charge in [0.2, 0.25) is 0 Å². The molecule has 0 amide bonds. The highest BCUT2D eigenvalue weighted by molar-refractivity contribution is 6.35. The number of carbonyl (C=O) groups is 1. The summed E-state index contributed by atoms with van der Waals surface area (Å²) in [6.07, 6.45) is 6.06. The van der Waals surface area contributed by atoms with Crippen LogP contribution in [0.4, 0.5) is 0 Å². The molecular formula is C15H14Cl2O. The van der Waals surface area contributed by atoms with Crippen molar-refractivity contribution in [3.8, 4) is 0 Å². The lowest BCUT2D eigenvalue weighted by Crippen LogP contribution is -2.31. The molecule has 3 heteroatoms. The van der Waals surface area contributed by atoms with E-state index in [4.69, 9.17) is 23.2 Å². The van der Waals surface area contributed by atoms with E-state index in [2.05, 4.69) is 0 Å². The van der Waals surface area contributed by atoms with Gasteiger partial charge in [0.25, 0.3) is 0 Å². The molecule has 0 fully saturated rings. The summed E-state index contributed by atoms with van der Waals surface area (Å²) in [7, 11) is 0. The van der Waals surface area contributed by atoms with E-state index in [1.54, 1.807) is 24.3 Å². The average Bonchev–Trinajstić information content (AvgIpc) is 2.42. The number of alkyl halides is 2. The maximum absolute atomic E-state index is 12.2. The lowest BCUT2D eigenvalue weighted by atomic mass is 9.90. The van der Waals surface area contributed by atoms with Gasteiger partial charge in [-0.25, -0.2) is 0 Å². The van der Waals surface area contributed by atoms with Crippen molar-refractivity contribution in [2.75, 3.05) is 0 Å². The zero-order valence-electron chi connectivity index (χ0n) is 10.1. The Balaban J connectivity index is 2.25. The van der Waals surface area contributed by atoms with Crippen LogP contribution >= 0.6 is 23.2 Å². The maximum Gasteiger partial charge on any atom is 0.192 e. The smallest absolute Gasteiger partial charge is 0.192 e. The SMILES string of the molecule is CCC1(Cl)C=CC(C(=O)c2ccccc2)=CC1Cl. The normalized spacial score (nSPS) is 26.8. The van der Waals surface area contributed by atoms with E-state index in [0.29, 0.717) is 11.1 Å². The first-order valence-electron chi connectivity index (χ1n) is 5.90. The zero-order chi connectivity index (χ0) is 13.2. The molecule has 0 N–H and O–H groups in total. The average molecular weight is 281 g/mol. The van der Waals surface area contributed by atoms with Crippen LogP contribution in [0.2, 0.25) is 0 Å². The Kier molecular flexibility index (Phi) is 3.94. The topological polar surface area (TPSA) is 17.1 Å². The van der Waals surface area contributed by atoms with E-state index in [9.17, 15) is 4.79 Å². The van der Waals surface area contributed by atoms with Crippen molar-refractivity contribution in [2.24, 2.45) is 0 Å². The summed E-state index contributed by atoms with van der Waals surface area (Å²) in [5, 5.41) is -0.364. The van der Waals surface area contributed by atoms with E-state index >= 15 is 0 Å². The molecule has 2 rings (SSSR count). The lowest BCUT2D eigenvalue weighted by molar-refractivity contribution is 0.103. The van der Waals surface area contributed by atoms with Gasteiger partial charge in [-0.05, 0) is 6.42 Å². The summed E-state index contributed by atoms with van der Waals surface area (Å²) >= 11 is 12.6. The molecule has 1 nitrogen and oxygen atoms in total. The quantitative estimate of drug-likeness (QED) is 0.594. The monoisotopic (exact) mass is 280 g/mol. The van der Waals surface area contributed by atoms with E-state index in [1.807, 2.05) is 31.2 Å². The molecule has 1 aromatic carbocycles. The molecule has 18 heavy (non-hydrogen) atoms. The first-order valence-corrected chi connectivity index (χ1v) is 6.72. The Labute approximate surface area is 117 Å². The number of benzene rings is 1. The molecular weight excluding hydrogens is 267 g/mol. The van der Waals surface area contributed by atoms with Crippen molar-refractivity contribution < 1.29 is 4.79 Å². The summed E-state index contributed by atoms with van der Waals surface area (Å²) in [5.41, 5.74) is 1.27. The van der Waals surface area contributed by atoms with Gasteiger partial charge in [0.05, 0.1) is 10.3 Å². The number of allylic oxidation sites excluding steroid dienone is 4. The Morgan fingerprint density at radius 1 is 1.33 bits per heavy atom. The molecule has 0 saturated heterocycles. The Morgan fingerprint density at radius 2 is 2.00 bits per heavy atom. The third kappa shape index (κ3) is 2.52. The van der Waals surface area contributed by atoms with Gasteiger partial charge < -0.3 is 0 Å². The standard InChI is InChI=1S/C15H14Cl2O/c1-2-15(17)9-8-12(10-13(15)16)14(18)11-6-4-3-5-7-11/h3-10,13H,2H2,1H3. The second kappa shape index (κ2) is 5.29. The van der Waals surface area contributed by atoms with Gasteiger partial charge in [0, 0.05) is 11.1 Å². The summed E-state index contributed by atoms with van der Waals surface area (Å²) in [6.45, 7) is 1.98. The minimum Gasteiger partial charge on any atom is -0.289 e. The van der Waals surface area contributed by atoms with Crippen LogP contribution in [0.15, 0.2) is 54.1 Å². The van der Waals surface area contributed by atoms with Crippen molar-refractivity contribution in [1.29, 1.82) is 0 Å².